The number of aromatic nitrogens is 1. The van der Waals surface area contributed by atoms with Crippen molar-refractivity contribution in [1.82, 2.24) is 4.98 Å². The Morgan fingerprint density at radius 2 is 2.06 bits per heavy atom. The van der Waals surface area contributed by atoms with Crippen molar-refractivity contribution >= 4 is 10.9 Å². The quantitative estimate of drug-likeness (QED) is 0.871. The fraction of sp³-hybridized carbons (Fsp3) is 0.400. The molecule has 2 rings (SSSR count). The van der Waals surface area contributed by atoms with E-state index in [1.807, 2.05) is 0 Å². The van der Waals surface area contributed by atoms with E-state index in [9.17, 15) is 0 Å². The molecule has 2 N–H and O–H groups in total. The Labute approximate surface area is 103 Å². The highest BCUT2D eigenvalue weighted by molar-refractivity contribution is 5.82. The van der Waals surface area contributed by atoms with Gasteiger partial charge in [-0.25, -0.2) is 0 Å². The molecule has 2 nitrogen and oxygen atoms in total. The van der Waals surface area contributed by atoms with Gasteiger partial charge in [0.25, 0.3) is 0 Å². The van der Waals surface area contributed by atoms with Gasteiger partial charge < -0.3 is 5.73 Å². The van der Waals surface area contributed by atoms with Gasteiger partial charge in [0.05, 0.1) is 11.2 Å². The number of benzene rings is 1. The van der Waals surface area contributed by atoms with Gasteiger partial charge in [-0.1, -0.05) is 19.4 Å². The van der Waals surface area contributed by atoms with Crippen LogP contribution in [0.2, 0.25) is 0 Å². The van der Waals surface area contributed by atoms with Gasteiger partial charge in [-0.15, -0.1) is 0 Å². The van der Waals surface area contributed by atoms with E-state index in [0.717, 1.165) is 17.6 Å². The summed E-state index contributed by atoms with van der Waals surface area (Å²) in [5.74, 6) is 0. The number of hydrogen-bond donors (Lipinski definition) is 1. The second-order valence-corrected chi connectivity index (χ2v) is 4.59. The number of hydrogen-bond acceptors (Lipinski definition) is 2. The Bertz CT molecular complexity index is 518. The molecule has 1 heterocycles. The number of fused-ring (bicyclic) bond motifs is 1. The van der Waals surface area contributed by atoms with Gasteiger partial charge in [-0.3, -0.25) is 4.98 Å². The largest absolute Gasteiger partial charge is 0.325 e. The molecule has 1 aromatic carbocycles. The van der Waals surface area contributed by atoms with E-state index in [2.05, 4.69) is 43.1 Å². The van der Waals surface area contributed by atoms with Crippen molar-refractivity contribution < 1.29 is 0 Å². The highest BCUT2D eigenvalue weighted by Gasteiger charge is 2.03. The first kappa shape index (κ1) is 12.1. The summed E-state index contributed by atoms with van der Waals surface area (Å²) in [5, 5.41) is 1.26. The van der Waals surface area contributed by atoms with Crippen LogP contribution in [0.3, 0.4) is 0 Å². The highest BCUT2D eigenvalue weighted by Crippen LogP contribution is 2.20. The van der Waals surface area contributed by atoms with Crippen LogP contribution in [0.25, 0.3) is 10.9 Å². The molecule has 0 atom stereocenters. The van der Waals surface area contributed by atoms with Crippen LogP contribution in [-0.2, 0) is 13.0 Å². The van der Waals surface area contributed by atoms with Crippen LogP contribution < -0.4 is 5.73 Å². The molecule has 0 aliphatic rings. The normalized spacial score (nSPS) is 11.0. The van der Waals surface area contributed by atoms with Crippen molar-refractivity contribution in [2.45, 2.75) is 39.7 Å². The fourth-order valence-corrected chi connectivity index (χ4v) is 2.15. The standard InChI is InChI=1S/C15H20N2/c1-3-4-5-12-6-7-15-14(9-12)11(2)8-13(10-16)17-15/h6-9H,3-5,10,16H2,1-2H3. The topological polar surface area (TPSA) is 38.9 Å². The minimum atomic E-state index is 0.508. The average molecular weight is 228 g/mol. The maximum atomic E-state index is 5.64. The molecule has 0 unspecified atom stereocenters. The molecule has 2 heteroatoms. The van der Waals surface area contributed by atoms with Gasteiger partial charge >= 0.3 is 0 Å². The molecule has 0 aliphatic heterocycles. The maximum absolute atomic E-state index is 5.64. The van der Waals surface area contributed by atoms with Gasteiger partial charge in [-0.2, -0.15) is 0 Å². The second-order valence-electron chi connectivity index (χ2n) is 4.59. The van der Waals surface area contributed by atoms with Gasteiger partial charge in [0.2, 0.25) is 0 Å². The van der Waals surface area contributed by atoms with Crippen molar-refractivity contribution in [3.05, 3.63) is 41.1 Å². The van der Waals surface area contributed by atoms with E-state index < -0.39 is 0 Å². The Balaban J connectivity index is 2.43. The minimum Gasteiger partial charge on any atom is -0.325 e. The Kier molecular flexibility index (Phi) is 3.75. The molecule has 0 aliphatic carbocycles. The van der Waals surface area contributed by atoms with Crippen LogP contribution in [0.1, 0.15) is 36.6 Å². The van der Waals surface area contributed by atoms with Crippen molar-refractivity contribution in [3.63, 3.8) is 0 Å². The first-order valence-corrected chi connectivity index (χ1v) is 6.34. The van der Waals surface area contributed by atoms with Gasteiger partial charge in [0.1, 0.15) is 0 Å². The maximum Gasteiger partial charge on any atom is 0.0708 e. The number of aryl methyl sites for hydroxylation is 2. The van der Waals surface area contributed by atoms with Crippen LogP contribution in [-0.4, -0.2) is 4.98 Å². The lowest BCUT2D eigenvalue weighted by atomic mass is 10.0. The molecule has 1 aromatic heterocycles. The molecule has 17 heavy (non-hydrogen) atoms. The second kappa shape index (κ2) is 5.28. The van der Waals surface area contributed by atoms with E-state index in [0.29, 0.717) is 6.54 Å². The van der Waals surface area contributed by atoms with E-state index in [4.69, 9.17) is 5.73 Å². The predicted octanol–water partition coefficient (Wildman–Crippen LogP) is 3.34. The van der Waals surface area contributed by atoms with E-state index >= 15 is 0 Å². The Hall–Kier alpha value is -1.41. The number of rotatable bonds is 4. The summed E-state index contributed by atoms with van der Waals surface area (Å²) >= 11 is 0. The lowest BCUT2D eigenvalue weighted by Crippen LogP contribution is -2.00. The summed E-state index contributed by atoms with van der Waals surface area (Å²) in [6, 6.07) is 8.66. The molecular weight excluding hydrogens is 208 g/mol. The number of pyridine rings is 1. The number of nitrogens with two attached hydrogens (primary N) is 1. The van der Waals surface area contributed by atoms with Gasteiger partial charge in [0, 0.05) is 11.9 Å². The van der Waals surface area contributed by atoms with Crippen LogP contribution in [0, 0.1) is 6.92 Å². The summed E-state index contributed by atoms with van der Waals surface area (Å²) in [7, 11) is 0. The first-order chi connectivity index (χ1) is 8.24. The van der Waals surface area contributed by atoms with Crippen LogP contribution >= 0.6 is 0 Å². The predicted molar refractivity (Wildman–Crippen MR) is 73.0 cm³/mol. The summed E-state index contributed by atoms with van der Waals surface area (Å²) in [5.41, 5.74) is 10.4. The number of unbranched alkanes of at least 4 members (excludes halogenated alkanes) is 1. The van der Waals surface area contributed by atoms with Crippen LogP contribution in [0.4, 0.5) is 0 Å². The summed E-state index contributed by atoms with van der Waals surface area (Å²) in [6.45, 7) is 4.86. The molecule has 90 valence electrons. The SMILES string of the molecule is CCCCc1ccc2nc(CN)cc(C)c2c1. The van der Waals surface area contributed by atoms with E-state index in [-0.39, 0.29) is 0 Å². The van der Waals surface area contributed by atoms with Crippen molar-refractivity contribution in [3.8, 4) is 0 Å². The number of nitrogens with zero attached hydrogens (tertiary/aromatic N) is 1. The monoisotopic (exact) mass is 228 g/mol. The zero-order valence-electron chi connectivity index (χ0n) is 10.7. The fourth-order valence-electron chi connectivity index (χ4n) is 2.15. The molecule has 2 aromatic rings. The molecule has 0 bridgehead atoms. The van der Waals surface area contributed by atoms with Gasteiger partial charge in [-0.05, 0) is 49.1 Å². The van der Waals surface area contributed by atoms with Gasteiger partial charge in [0.15, 0.2) is 0 Å². The molecule has 0 saturated carbocycles. The molecule has 0 saturated heterocycles. The van der Waals surface area contributed by atoms with Crippen LogP contribution in [0.15, 0.2) is 24.3 Å². The summed E-state index contributed by atoms with van der Waals surface area (Å²) in [6.07, 6.45) is 3.64. The van der Waals surface area contributed by atoms with Crippen molar-refractivity contribution in [1.29, 1.82) is 0 Å². The minimum absolute atomic E-state index is 0.508. The molecule has 0 amide bonds. The van der Waals surface area contributed by atoms with E-state index in [1.54, 1.807) is 0 Å². The summed E-state index contributed by atoms with van der Waals surface area (Å²) < 4.78 is 0. The van der Waals surface area contributed by atoms with E-state index in [1.165, 1.54) is 29.4 Å². The van der Waals surface area contributed by atoms with Crippen molar-refractivity contribution in [2.24, 2.45) is 5.73 Å². The zero-order chi connectivity index (χ0) is 12.3. The third-order valence-corrected chi connectivity index (χ3v) is 3.16. The lowest BCUT2D eigenvalue weighted by Gasteiger charge is -2.07. The summed E-state index contributed by atoms with van der Waals surface area (Å²) in [4.78, 5) is 4.55. The molecular formula is C15H20N2. The Morgan fingerprint density at radius 1 is 1.24 bits per heavy atom. The molecule has 0 spiro atoms. The smallest absolute Gasteiger partial charge is 0.0708 e. The Morgan fingerprint density at radius 3 is 2.76 bits per heavy atom. The first-order valence-electron chi connectivity index (χ1n) is 6.34. The van der Waals surface area contributed by atoms with Crippen LogP contribution in [0.5, 0.6) is 0 Å². The third kappa shape index (κ3) is 2.64. The lowest BCUT2D eigenvalue weighted by molar-refractivity contribution is 0.796. The molecule has 0 radical (unpaired) electrons. The average Bonchev–Trinajstić information content (AvgIpc) is 2.36. The highest BCUT2D eigenvalue weighted by atomic mass is 14.7. The third-order valence-electron chi connectivity index (χ3n) is 3.16. The molecule has 0 fully saturated rings. The zero-order valence-corrected chi connectivity index (χ0v) is 10.7. The van der Waals surface area contributed by atoms with Crippen molar-refractivity contribution in [2.75, 3.05) is 0 Å².